The lowest BCUT2D eigenvalue weighted by Gasteiger charge is -2.10. The van der Waals surface area contributed by atoms with E-state index in [9.17, 15) is 8.76 Å². The monoisotopic (exact) mass is 275 g/mol. The molecule has 1 atom stereocenters. The molecule has 19 heavy (non-hydrogen) atoms. The average Bonchev–Trinajstić information content (AvgIpc) is 2.39. The summed E-state index contributed by atoms with van der Waals surface area (Å²) in [5.74, 6) is 0. The van der Waals surface area contributed by atoms with E-state index in [1.54, 1.807) is 6.07 Å². The van der Waals surface area contributed by atoms with Crippen LogP contribution in [0.25, 0.3) is 21.2 Å². The first kappa shape index (κ1) is 13.5. The van der Waals surface area contributed by atoms with Crippen LogP contribution in [-0.4, -0.2) is 15.3 Å². The normalized spacial score (nSPS) is 12.1. The number of nitrogens with zero attached hydrogens (tertiary/aromatic N) is 3. The fourth-order valence-electron chi connectivity index (χ4n) is 1.98. The number of nitrogens with one attached hydrogen (secondary N) is 1. The SMILES string of the molecule is [N-]=[N+]=Nc1cccc2c(CCNS(=O)[O-])cccc12. The molecule has 2 rings (SSSR count). The van der Waals surface area contributed by atoms with Gasteiger partial charge in [-0.1, -0.05) is 41.5 Å². The second-order valence-electron chi connectivity index (χ2n) is 3.86. The fourth-order valence-corrected chi connectivity index (χ4v) is 2.25. The van der Waals surface area contributed by atoms with Crippen molar-refractivity contribution in [1.82, 2.24) is 4.72 Å². The Labute approximate surface area is 112 Å². The maximum Gasteiger partial charge on any atom is 0.0453 e. The molecule has 0 bridgehead atoms. The molecule has 0 aliphatic heterocycles. The molecule has 0 fully saturated rings. The van der Waals surface area contributed by atoms with Crippen molar-refractivity contribution >= 4 is 27.7 Å². The Hall–Kier alpha value is -1.92. The molecular weight excluding hydrogens is 264 g/mol. The molecule has 0 spiro atoms. The standard InChI is InChI=1S/C12H12N4O2S/c13-16-15-12-6-2-4-10-9(3-1-5-11(10)12)7-8-14-19(17)18/h1-6,14H,7-8H2,(H,17,18)/p-1. The first-order valence-electron chi connectivity index (χ1n) is 5.61. The summed E-state index contributed by atoms with van der Waals surface area (Å²) in [5.41, 5.74) is 10.1. The molecule has 6 nitrogen and oxygen atoms in total. The number of benzene rings is 2. The van der Waals surface area contributed by atoms with Crippen LogP contribution in [0.4, 0.5) is 5.69 Å². The highest BCUT2D eigenvalue weighted by molar-refractivity contribution is 7.77. The van der Waals surface area contributed by atoms with Crippen molar-refractivity contribution in [2.45, 2.75) is 6.42 Å². The highest BCUT2D eigenvalue weighted by Crippen LogP contribution is 2.28. The van der Waals surface area contributed by atoms with Crippen molar-refractivity contribution in [3.05, 3.63) is 52.4 Å². The Morgan fingerprint density at radius 1 is 1.26 bits per heavy atom. The molecule has 1 unspecified atom stereocenters. The van der Waals surface area contributed by atoms with Gasteiger partial charge in [-0.2, -0.15) is 0 Å². The summed E-state index contributed by atoms with van der Waals surface area (Å²) in [4.78, 5) is 2.80. The third-order valence-corrected chi connectivity index (χ3v) is 3.20. The molecule has 0 amide bonds. The third-order valence-electron chi connectivity index (χ3n) is 2.76. The van der Waals surface area contributed by atoms with Gasteiger partial charge in [-0.05, 0) is 28.3 Å². The minimum Gasteiger partial charge on any atom is -0.760 e. The highest BCUT2D eigenvalue weighted by Gasteiger charge is 2.03. The van der Waals surface area contributed by atoms with Gasteiger partial charge in [0.25, 0.3) is 0 Å². The maximum atomic E-state index is 10.4. The van der Waals surface area contributed by atoms with Gasteiger partial charge in [0.1, 0.15) is 0 Å². The molecule has 0 heterocycles. The summed E-state index contributed by atoms with van der Waals surface area (Å²) < 4.78 is 23.2. The molecule has 0 radical (unpaired) electrons. The van der Waals surface area contributed by atoms with Gasteiger partial charge in [0, 0.05) is 28.4 Å². The number of azide groups is 1. The molecule has 0 saturated carbocycles. The predicted molar refractivity (Wildman–Crippen MR) is 73.4 cm³/mol. The second kappa shape index (κ2) is 6.31. The molecule has 0 aromatic heterocycles. The van der Waals surface area contributed by atoms with Crippen LogP contribution in [0.3, 0.4) is 0 Å². The Morgan fingerprint density at radius 3 is 2.74 bits per heavy atom. The fraction of sp³-hybridized carbons (Fsp3) is 0.167. The largest absolute Gasteiger partial charge is 0.760 e. The van der Waals surface area contributed by atoms with Gasteiger partial charge >= 0.3 is 0 Å². The lowest BCUT2D eigenvalue weighted by Crippen LogP contribution is -2.19. The summed E-state index contributed by atoms with van der Waals surface area (Å²) >= 11 is -2.25. The first-order valence-corrected chi connectivity index (χ1v) is 6.68. The number of rotatable bonds is 5. The molecule has 0 aliphatic carbocycles. The summed E-state index contributed by atoms with van der Waals surface area (Å²) in [7, 11) is 0. The van der Waals surface area contributed by atoms with Gasteiger partial charge in [-0.15, -0.1) is 0 Å². The van der Waals surface area contributed by atoms with Crippen molar-refractivity contribution in [3.8, 4) is 0 Å². The quantitative estimate of drug-likeness (QED) is 0.392. The number of fused-ring (bicyclic) bond motifs is 1. The average molecular weight is 275 g/mol. The number of hydrogen-bond acceptors (Lipinski definition) is 3. The van der Waals surface area contributed by atoms with E-state index in [4.69, 9.17) is 5.53 Å². The summed E-state index contributed by atoms with van der Waals surface area (Å²) in [6.07, 6.45) is 0.574. The van der Waals surface area contributed by atoms with Crippen LogP contribution in [0.5, 0.6) is 0 Å². The molecular formula is C12H11N4O2S-. The van der Waals surface area contributed by atoms with Crippen LogP contribution in [-0.2, 0) is 17.7 Å². The van der Waals surface area contributed by atoms with Crippen molar-refractivity contribution < 1.29 is 8.76 Å². The van der Waals surface area contributed by atoms with Crippen LogP contribution in [0, 0.1) is 0 Å². The highest BCUT2D eigenvalue weighted by atomic mass is 32.2. The van der Waals surface area contributed by atoms with Crippen LogP contribution in [0.15, 0.2) is 41.5 Å². The second-order valence-corrected chi connectivity index (χ2v) is 4.62. The van der Waals surface area contributed by atoms with Gasteiger partial charge in [-0.25, -0.2) is 4.72 Å². The zero-order chi connectivity index (χ0) is 13.7. The van der Waals surface area contributed by atoms with Crippen LogP contribution in [0.2, 0.25) is 0 Å². The van der Waals surface area contributed by atoms with Crippen LogP contribution in [0.1, 0.15) is 5.56 Å². The van der Waals surface area contributed by atoms with Gasteiger partial charge < -0.3 is 4.55 Å². The summed E-state index contributed by atoms with van der Waals surface area (Å²) in [5, 5.41) is 5.48. The molecule has 2 aromatic carbocycles. The molecule has 0 saturated heterocycles. The van der Waals surface area contributed by atoms with Crippen LogP contribution >= 0.6 is 0 Å². The van der Waals surface area contributed by atoms with Gasteiger partial charge in [0.2, 0.25) is 0 Å². The third kappa shape index (κ3) is 3.30. The van der Waals surface area contributed by atoms with Crippen molar-refractivity contribution in [2.24, 2.45) is 5.11 Å². The molecule has 7 heteroatoms. The Balaban J connectivity index is 2.37. The van der Waals surface area contributed by atoms with Crippen LogP contribution < -0.4 is 4.72 Å². The lowest BCUT2D eigenvalue weighted by atomic mass is 10.0. The minimum atomic E-state index is -2.25. The van der Waals surface area contributed by atoms with Gasteiger partial charge in [-0.3, -0.25) is 4.21 Å². The Bertz CT molecular complexity index is 668. The number of hydrogen-bond donors (Lipinski definition) is 1. The van der Waals surface area contributed by atoms with E-state index < -0.39 is 11.3 Å². The molecule has 2 aromatic rings. The van der Waals surface area contributed by atoms with E-state index in [0.717, 1.165) is 16.3 Å². The van der Waals surface area contributed by atoms with Crippen molar-refractivity contribution in [3.63, 3.8) is 0 Å². The lowest BCUT2D eigenvalue weighted by molar-refractivity contribution is 0.523. The summed E-state index contributed by atoms with van der Waals surface area (Å²) in [6, 6.07) is 11.2. The van der Waals surface area contributed by atoms with E-state index in [1.807, 2.05) is 30.3 Å². The minimum absolute atomic E-state index is 0.334. The van der Waals surface area contributed by atoms with Gasteiger partial charge in [0.15, 0.2) is 0 Å². The topological polar surface area (TPSA) is 101 Å². The van der Waals surface area contributed by atoms with E-state index in [1.165, 1.54) is 0 Å². The smallest absolute Gasteiger partial charge is 0.0453 e. The van der Waals surface area contributed by atoms with E-state index in [-0.39, 0.29) is 0 Å². The summed E-state index contributed by atoms with van der Waals surface area (Å²) in [6.45, 7) is 0.334. The molecule has 0 aliphatic rings. The first-order chi connectivity index (χ1) is 9.22. The Morgan fingerprint density at radius 2 is 2.00 bits per heavy atom. The Kier molecular flexibility index (Phi) is 4.48. The van der Waals surface area contributed by atoms with E-state index >= 15 is 0 Å². The van der Waals surface area contributed by atoms with E-state index in [0.29, 0.717) is 18.7 Å². The predicted octanol–water partition coefficient (Wildman–Crippen LogP) is 2.71. The van der Waals surface area contributed by atoms with E-state index in [2.05, 4.69) is 14.7 Å². The maximum absolute atomic E-state index is 10.4. The zero-order valence-electron chi connectivity index (χ0n) is 9.94. The molecule has 1 N–H and O–H groups in total. The van der Waals surface area contributed by atoms with Crippen molar-refractivity contribution in [2.75, 3.05) is 6.54 Å². The van der Waals surface area contributed by atoms with Crippen molar-refractivity contribution in [1.29, 1.82) is 0 Å². The molecule has 98 valence electrons. The van der Waals surface area contributed by atoms with Gasteiger partial charge in [0.05, 0.1) is 0 Å². The zero-order valence-corrected chi connectivity index (χ0v) is 10.8.